The minimum atomic E-state index is -0.109. The minimum Gasteiger partial charge on any atom is -0.409 e. The van der Waals surface area contributed by atoms with Gasteiger partial charge in [-0.15, -0.1) is 11.3 Å². The zero-order valence-electron chi connectivity index (χ0n) is 11.1. The lowest BCUT2D eigenvalue weighted by Crippen LogP contribution is -2.33. The van der Waals surface area contributed by atoms with Crippen molar-refractivity contribution in [1.82, 2.24) is 0 Å². The molecule has 0 spiro atoms. The molecule has 0 aliphatic carbocycles. The normalized spacial score (nSPS) is 11.4. The summed E-state index contributed by atoms with van der Waals surface area (Å²) in [6.45, 7) is 0.342. The van der Waals surface area contributed by atoms with Crippen molar-refractivity contribution in [2.75, 3.05) is 11.4 Å². The summed E-state index contributed by atoms with van der Waals surface area (Å²) in [4.78, 5) is 14.9. The number of halogens is 1. The summed E-state index contributed by atoms with van der Waals surface area (Å²) < 4.78 is 0.898. The van der Waals surface area contributed by atoms with Crippen molar-refractivity contribution in [3.63, 3.8) is 0 Å². The topological polar surface area (TPSA) is 78.9 Å². The highest BCUT2D eigenvalue weighted by molar-refractivity contribution is 9.11. The minimum absolute atomic E-state index is 0.0936. The standard InChI is InChI=1S/C14H14BrN3O2S/c15-12-7-6-11(21-12)14(19)18(9-8-13(16)17-20)10-4-2-1-3-5-10/h1-7,20H,8-9H2,(H2,16,17). The zero-order chi connectivity index (χ0) is 15.2. The maximum absolute atomic E-state index is 12.6. The van der Waals surface area contributed by atoms with Gasteiger partial charge >= 0.3 is 0 Å². The molecule has 0 fully saturated rings. The van der Waals surface area contributed by atoms with Gasteiger partial charge in [0.05, 0.1) is 8.66 Å². The number of hydrogen-bond acceptors (Lipinski definition) is 4. The fraction of sp³-hybridized carbons (Fsp3) is 0.143. The molecule has 1 amide bonds. The summed E-state index contributed by atoms with van der Waals surface area (Å²) in [6, 6.07) is 12.9. The lowest BCUT2D eigenvalue weighted by Gasteiger charge is -2.22. The molecule has 7 heteroatoms. The summed E-state index contributed by atoms with van der Waals surface area (Å²) in [5.41, 5.74) is 6.28. The van der Waals surface area contributed by atoms with Crippen LogP contribution in [0.15, 0.2) is 51.4 Å². The number of hydrogen-bond donors (Lipinski definition) is 2. The van der Waals surface area contributed by atoms with Crippen LogP contribution in [-0.2, 0) is 0 Å². The number of rotatable bonds is 5. The maximum atomic E-state index is 12.6. The smallest absolute Gasteiger partial charge is 0.268 e. The van der Waals surface area contributed by atoms with E-state index >= 15 is 0 Å². The van der Waals surface area contributed by atoms with Crippen LogP contribution in [0, 0.1) is 0 Å². The molecule has 0 unspecified atom stereocenters. The van der Waals surface area contributed by atoms with Crippen molar-refractivity contribution in [3.05, 3.63) is 51.1 Å². The molecule has 0 aliphatic rings. The monoisotopic (exact) mass is 367 g/mol. The second-order valence-electron chi connectivity index (χ2n) is 4.24. The largest absolute Gasteiger partial charge is 0.409 e. The molecule has 0 atom stereocenters. The first-order valence-corrected chi connectivity index (χ1v) is 7.81. The molecule has 110 valence electrons. The first kappa shape index (κ1) is 15.5. The van der Waals surface area contributed by atoms with Gasteiger partial charge in [0, 0.05) is 18.7 Å². The van der Waals surface area contributed by atoms with Crippen LogP contribution in [0.4, 0.5) is 5.69 Å². The highest BCUT2D eigenvalue weighted by Crippen LogP contribution is 2.25. The van der Waals surface area contributed by atoms with Crippen molar-refractivity contribution < 1.29 is 10.0 Å². The van der Waals surface area contributed by atoms with Crippen LogP contribution in [0.2, 0.25) is 0 Å². The van der Waals surface area contributed by atoms with E-state index in [2.05, 4.69) is 21.1 Å². The van der Waals surface area contributed by atoms with Gasteiger partial charge in [-0.25, -0.2) is 0 Å². The molecular formula is C14H14BrN3O2S. The molecule has 0 saturated carbocycles. The number of oxime groups is 1. The Morgan fingerprint density at radius 2 is 2.00 bits per heavy atom. The third-order valence-electron chi connectivity index (χ3n) is 2.82. The average Bonchev–Trinajstić information content (AvgIpc) is 2.94. The third-order valence-corrected chi connectivity index (χ3v) is 4.43. The van der Waals surface area contributed by atoms with E-state index in [0.717, 1.165) is 9.47 Å². The number of anilines is 1. The number of thiophene rings is 1. The van der Waals surface area contributed by atoms with Crippen LogP contribution < -0.4 is 10.6 Å². The van der Waals surface area contributed by atoms with Crippen molar-refractivity contribution in [2.24, 2.45) is 10.9 Å². The predicted molar refractivity (Wildman–Crippen MR) is 88.2 cm³/mol. The summed E-state index contributed by atoms with van der Waals surface area (Å²) in [6.07, 6.45) is 0.295. The highest BCUT2D eigenvalue weighted by Gasteiger charge is 2.19. The van der Waals surface area contributed by atoms with Crippen molar-refractivity contribution in [3.8, 4) is 0 Å². The summed E-state index contributed by atoms with van der Waals surface area (Å²) in [5.74, 6) is -0.0151. The van der Waals surface area contributed by atoms with Gasteiger partial charge in [0.25, 0.3) is 5.91 Å². The van der Waals surface area contributed by atoms with Crippen LogP contribution in [-0.4, -0.2) is 23.5 Å². The van der Waals surface area contributed by atoms with Crippen LogP contribution in [0.1, 0.15) is 16.1 Å². The van der Waals surface area contributed by atoms with E-state index in [4.69, 9.17) is 10.9 Å². The quantitative estimate of drug-likeness (QED) is 0.368. The van der Waals surface area contributed by atoms with Crippen LogP contribution in [0.3, 0.4) is 0 Å². The van der Waals surface area contributed by atoms with Crippen molar-refractivity contribution >= 4 is 44.7 Å². The second kappa shape index (κ2) is 7.24. The molecule has 0 saturated heterocycles. The molecule has 0 bridgehead atoms. The summed E-state index contributed by atoms with van der Waals surface area (Å²) in [5, 5.41) is 11.6. The summed E-state index contributed by atoms with van der Waals surface area (Å²) >= 11 is 4.73. The lowest BCUT2D eigenvalue weighted by atomic mass is 10.2. The molecular weight excluding hydrogens is 354 g/mol. The van der Waals surface area contributed by atoms with Crippen LogP contribution in [0.25, 0.3) is 0 Å². The Kier molecular flexibility index (Phi) is 5.35. The molecule has 0 aliphatic heterocycles. The Hall–Kier alpha value is -1.86. The number of carbonyl (C=O) groups is 1. The molecule has 3 N–H and O–H groups in total. The fourth-order valence-electron chi connectivity index (χ4n) is 1.79. The average molecular weight is 368 g/mol. The van der Waals surface area contributed by atoms with E-state index in [9.17, 15) is 4.79 Å². The Morgan fingerprint density at radius 1 is 1.29 bits per heavy atom. The Labute approximate surface area is 134 Å². The van der Waals surface area contributed by atoms with Gasteiger partial charge in [-0.05, 0) is 40.2 Å². The highest BCUT2D eigenvalue weighted by atomic mass is 79.9. The lowest BCUT2D eigenvalue weighted by molar-refractivity contribution is 0.0991. The van der Waals surface area contributed by atoms with Crippen LogP contribution in [0.5, 0.6) is 0 Å². The van der Waals surface area contributed by atoms with Gasteiger partial charge in [0.2, 0.25) is 0 Å². The van der Waals surface area contributed by atoms with E-state index < -0.39 is 0 Å². The maximum Gasteiger partial charge on any atom is 0.268 e. The number of nitrogens with zero attached hydrogens (tertiary/aromatic N) is 2. The van der Waals surface area contributed by atoms with Crippen molar-refractivity contribution in [2.45, 2.75) is 6.42 Å². The number of benzene rings is 1. The van der Waals surface area contributed by atoms with Crippen molar-refractivity contribution in [1.29, 1.82) is 0 Å². The van der Waals surface area contributed by atoms with E-state index in [1.165, 1.54) is 11.3 Å². The Morgan fingerprint density at radius 3 is 2.57 bits per heavy atom. The van der Waals surface area contributed by atoms with Gasteiger partial charge in [0.1, 0.15) is 5.84 Å². The molecule has 5 nitrogen and oxygen atoms in total. The second-order valence-corrected chi connectivity index (χ2v) is 6.70. The van der Waals surface area contributed by atoms with Crippen LogP contribution >= 0.6 is 27.3 Å². The van der Waals surface area contributed by atoms with E-state index in [1.807, 2.05) is 36.4 Å². The zero-order valence-corrected chi connectivity index (χ0v) is 13.5. The predicted octanol–water partition coefficient (Wildman–Crippen LogP) is 3.29. The molecule has 0 radical (unpaired) electrons. The van der Waals surface area contributed by atoms with Gasteiger partial charge in [-0.3, -0.25) is 4.79 Å². The number of para-hydroxylation sites is 1. The molecule has 2 aromatic rings. The number of amidine groups is 1. The Bertz CT molecular complexity index is 643. The molecule has 21 heavy (non-hydrogen) atoms. The Balaban J connectivity index is 2.25. The molecule has 1 heterocycles. The molecule has 1 aromatic heterocycles. The van der Waals surface area contributed by atoms with Gasteiger partial charge < -0.3 is 15.8 Å². The molecule has 1 aromatic carbocycles. The SMILES string of the molecule is N/C(CCN(C(=O)c1ccc(Br)s1)c1ccccc1)=N/O. The number of carbonyl (C=O) groups excluding carboxylic acids is 1. The van der Waals surface area contributed by atoms with Gasteiger partial charge in [-0.2, -0.15) is 0 Å². The summed E-state index contributed by atoms with van der Waals surface area (Å²) in [7, 11) is 0. The third kappa shape index (κ3) is 4.05. The number of nitrogens with two attached hydrogens (primary N) is 1. The first-order chi connectivity index (χ1) is 10.1. The van der Waals surface area contributed by atoms with E-state index in [1.54, 1.807) is 11.0 Å². The van der Waals surface area contributed by atoms with Gasteiger partial charge in [-0.1, -0.05) is 23.4 Å². The number of amides is 1. The molecule has 2 rings (SSSR count). The fourth-order valence-corrected chi connectivity index (χ4v) is 3.13. The first-order valence-electron chi connectivity index (χ1n) is 6.20. The van der Waals surface area contributed by atoms with Gasteiger partial charge in [0.15, 0.2) is 0 Å². The van der Waals surface area contributed by atoms with E-state index in [-0.39, 0.29) is 11.7 Å². The van der Waals surface area contributed by atoms with E-state index in [0.29, 0.717) is 17.8 Å².